The van der Waals surface area contributed by atoms with Crippen LogP contribution in [-0.4, -0.2) is 41.7 Å². The highest BCUT2D eigenvalue weighted by atomic mass is 32.2. The third-order valence-electron chi connectivity index (χ3n) is 4.48. The molecule has 0 aromatic heterocycles. The maximum atomic E-state index is 12.8. The summed E-state index contributed by atoms with van der Waals surface area (Å²) in [5.41, 5.74) is 2.17. The molecule has 174 valence electrons. The van der Waals surface area contributed by atoms with Crippen molar-refractivity contribution < 1.29 is 9.59 Å². The lowest BCUT2D eigenvalue weighted by molar-refractivity contribution is -0.121. The number of amidine groups is 1. The van der Waals surface area contributed by atoms with E-state index >= 15 is 0 Å². The van der Waals surface area contributed by atoms with Gasteiger partial charge in [-0.1, -0.05) is 37.9 Å². The number of carbonyl (C=O) groups is 2. The average molecular weight is 467 g/mol. The first kappa shape index (κ1) is 27.5. The van der Waals surface area contributed by atoms with Crippen LogP contribution in [0, 0.1) is 23.2 Å². The van der Waals surface area contributed by atoms with Crippen LogP contribution in [-0.2, 0) is 9.59 Å². The van der Waals surface area contributed by atoms with Gasteiger partial charge in [-0.3, -0.25) is 19.6 Å². The molecule has 0 saturated heterocycles. The smallest absolute Gasteiger partial charge is 0.248 e. The van der Waals surface area contributed by atoms with E-state index in [1.165, 1.54) is 17.8 Å². The number of nitrogens with zero attached hydrogens (tertiary/aromatic N) is 4. The summed E-state index contributed by atoms with van der Waals surface area (Å²) in [4.78, 5) is 37.2. The zero-order valence-corrected chi connectivity index (χ0v) is 20.3. The minimum atomic E-state index is -0.519. The molecule has 0 aromatic rings. The first-order chi connectivity index (χ1) is 15.8. The number of rotatable bonds is 9. The molecule has 0 aromatic carbocycles. The predicted molar refractivity (Wildman–Crippen MR) is 137 cm³/mol. The van der Waals surface area contributed by atoms with Gasteiger partial charge in [0.15, 0.2) is 5.17 Å². The van der Waals surface area contributed by atoms with Gasteiger partial charge in [0.05, 0.1) is 17.7 Å². The maximum Gasteiger partial charge on any atom is 0.248 e. The predicted octanol–water partition coefficient (Wildman–Crippen LogP) is 3.69. The van der Waals surface area contributed by atoms with Crippen LogP contribution >= 0.6 is 11.8 Å². The van der Waals surface area contributed by atoms with Crippen molar-refractivity contribution in [3.05, 3.63) is 60.1 Å². The SMILES string of the molecule is C=CC(=O)NC(=C/C)/N=C\C(=C)C1=CC(C(C)C(=O)N/C(=N/CC)SCC#N)=CN=CC1C. The Morgan fingerprint density at radius 2 is 2.15 bits per heavy atom. The normalized spacial score (nSPS) is 17.4. The van der Waals surface area contributed by atoms with E-state index in [9.17, 15) is 9.59 Å². The topological polar surface area (TPSA) is 119 Å². The van der Waals surface area contributed by atoms with Crippen molar-refractivity contribution in [1.29, 1.82) is 5.26 Å². The summed E-state index contributed by atoms with van der Waals surface area (Å²) in [5, 5.41) is 14.6. The molecule has 1 heterocycles. The number of nitrogens with one attached hydrogen (secondary N) is 2. The molecule has 0 aliphatic carbocycles. The standard InChI is InChI=1S/C24H30N6O2S/c1-7-21(29-22(31)8-2)28-14-17(5)20-12-19(15-26-13-16(20)4)18(6)23(32)30-24(27-9-3)33-11-10-25/h7-8,12-16,18H,2,5,9,11H2,1,3-4,6H3,(H,29,31)(H,27,30,32)/b21-7+,28-14-. The van der Waals surface area contributed by atoms with Gasteiger partial charge < -0.3 is 10.6 Å². The number of thioether (sulfide) groups is 1. The van der Waals surface area contributed by atoms with Crippen LogP contribution < -0.4 is 10.6 Å². The minimum absolute atomic E-state index is 0.0619. The fourth-order valence-electron chi connectivity index (χ4n) is 2.62. The Labute approximate surface area is 199 Å². The number of nitriles is 1. The molecule has 8 nitrogen and oxygen atoms in total. The molecule has 2 amide bonds. The van der Waals surface area contributed by atoms with Gasteiger partial charge in [-0.2, -0.15) is 5.26 Å². The van der Waals surface area contributed by atoms with Crippen LogP contribution in [0.3, 0.4) is 0 Å². The number of allylic oxidation sites excluding steroid dienone is 4. The van der Waals surface area contributed by atoms with Crippen LogP contribution in [0.5, 0.6) is 0 Å². The second kappa shape index (κ2) is 14.5. The molecule has 0 radical (unpaired) electrons. The van der Waals surface area contributed by atoms with Gasteiger partial charge in [-0.05, 0) is 49.6 Å². The fourth-order valence-corrected chi connectivity index (χ4v) is 3.21. The van der Waals surface area contributed by atoms with Crippen LogP contribution in [0.15, 0.2) is 75.1 Å². The lowest BCUT2D eigenvalue weighted by atomic mass is 9.91. The number of amides is 2. The molecular weight excluding hydrogens is 436 g/mol. The van der Waals surface area contributed by atoms with Gasteiger partial charge in [-0.15, -0.1) is 0 Å². The monoisotopic (exact) mass is 466 g/mol. The van der Waals surface area contributed by atoms with Gasteiger partial charge in [0.1, 0.15) is 5.82 Å². The van der Waals surface area contributed by atoms with Crippen molar-refractivity contribution in [2.24, 2.45) is 26.8 Å². The van der Waals surface area contributed by atoms with Crippen molar-refractivity contribution in [1.82, 2.24) is 10.6 Å². The van der Waals surface area contributed by atoms with Crippen molar-refractivity contribution >= 4 is 41.2 Å². The van der Waals surface area contributed by atoms with E-state index in [0.29, 0.717) is 28.7 Å². The number of aliphatic imine (C=N–C) groups is 3. The molecule has 1 aliphatic rings. The summed E-state index contributed by atoms with van der Waals surface area (Å²) < 4.78 is 0. The number of hydrogen-bond donors (Lipinski definition) is 2. The first-order valence-electron chi connectivity index (χ1n) is 10.4. The van der Waals surface area contributed by atoms with E-state index in [2.05, 4.69) is 38.8 Å². The molecule has 2 N–H and O–H groups in total. The largest absolute Gasteiger partial charge is 0.307 e. The van der Waals surface area contributed by atoms with Gasteiger partial charge in [0, 0.05) is 31.1 Å². The highest BCUT2D eigenvalue weighted by molar-refractivity contribution is 8.14. The van der Waals surface area contributed by atoms with Crippen molar-refractivity contribution in [2.45, 2.75) is 27.7 Å². The Hall–Kier alpha value is -3.51. The zero-order valence-electron chi connectivity index (χ0n) is 19.5. The Morgan fingerprint density at radius 1 is 1.42 bits per heavy atom. The van der Waals surface area contributed by atoms with Crippen molar-refractivity contribution in [3.8, 4) is 6.07 Å². The quantitative estimate of drug-likeness (QED) is 0.306. The summed E-state index contributed by atoms with van der Waals surface area (Å²) >= 11 is 1.19. The zero-order chi connectivity index (χ0) is 24.8. The third kappa shape index (κ3) is 9.25. The van der Waals surface area contributed by atoms with E-state index < -0.39 is 5.92 Å². The van der Waals surface area contributed by atoms with Gasteiger partial charge >= 0.3 is 0 Å². The van der Waals surface area contributed by atoms with E-state index in [0.717, 1.165) is 5.57 Å². The average Bonchev–Trinajstić information content (AvgIpc) is 3.00. The molecule has 0 bridgehead atoms. The highest BCUT2D eigenvalue weighted by Crippen LogP contribution is 2.25. The van der Waals surface area contributed by atoms with Gasteiger partial charge in [-0.25, -0.2) is 4.99 Å². The van der Waals surface area contributed by atoms with Crippen molar-refractivity contribution in [3.63, 3.8) is 0 Å². The lowest BCUT2D eigenvalue weighted by Gasteiger charge is -2.16. The molecule has 33 heavy (non-hydrogen) atoms. The summed E-state index contributed by atoms with van der Waals surface area (Å²) in [7, 11) is 0. The van der Waals surface area contributed by atoms with Gasteiger partial charge in [0.25, 0.3) is 0 Å². The molecule has 1 rings (SSSR count). The summed E-state index contributed by atoms with van der Waals surface area (Å²) in [6.45, 7) is 15.4. The van der Waals surface area contributed by atoms with E-state index in [1.54, 1.807) is 38.6 Å². The molecule has 1 aliphatic heterocycles. The fraction of sp³-hybridized carbons (Fsp3) is 0.333. The Balaban J connectivity index is 3.07. The Morgan fingerprint density at radius 3 is 2.76 bits per heavy atom. The highest BCUT2D eigenvalue weighted by Gasteiger charge is 2.21. The summed E-state index contributed by atoms with van der Waals surface area (Å²) in [5.74, 6) is -0.616. The van der Waals surface area contributed by atoms with Crippen LogP contribution in [0.4, 0.5) is 0 Å². The second-order valence-corrected chi connectivity index (χ2v) is 7.87. The number of carbonyl (C=O) groups excluding carboxylic acids is 2. The lowest BCUT2D eigenvalue weighted by Crippen LogP contribution is -2.34. The first-order valence-corrected chi connectivity index (χ1v) is 11.4. The van der Waals surface area contributed by atoms with Crippen LogP contribution in [0.1, 0.15) is 27.7 Å². The molecule has 0 fully saturated rings. The molecule has 2 unspecified atom stereocenters. The van der Waals surface area contributed by atoms with Crippen molar-refractivity contribution in [2.75, 3.05) is 12.3 Å². The third-order valence-corrected chi connectivity index (χ3v) is 5.26. The molecule has 0 saturated carbocycles. The number of hydrogen-bond acceptors (Lipinski definition) is 7. The Bertz CT molecular complexity index is 995. The van der Waals surface area contributed by atoms with E-state index in [4.69, 9.17) is 5.26 Å². The molecule has 9 heteroatoms. The molecule has 2 atom stereocenters. The van der Waals surface area contributed by atoms with E-state index in [1.807, 2.05) is 26.0 Å². The van der Waals surface area contributed by atoms with Crippen LogP contribution in [0.2, 0.25) is 0 Å². The minimum Gasteiger partial charge on any atom is -0.307 e. The Kier molecular flexibility index (Phi) is 12.1. The van der Waals surface area contributed by atoms with Crippen LogP contribution in [0.25, 0.3) is 0 Å². The summed E-state index contributed by atoms with van der Waals surface area (Å²) in [6, 6.07) is 2.03. The summed E-state index contributed by atoms with van der Waals surface area (Å²) in [6.07, 6.45) is 9.69. The van der Waals surface area contributed by atoms with Gasteiger partial charge in [0.2, 0.25) is 11.8 Å². The second-order valence-electron chi connectivity index (χ2n) is 6.90. The maximum absolute atomic E-state index is 12.8. The molecule has 0 spiro atoms. The molecular formula is C24H30N6O2S. The van der Waals surface area contributed by atoms with E-state index in [-0.39, 0.29) is 23.5 Å².